The largest absolute Gasteiger partial charge is 0.353 e. The van der Waals surface area contributed by atoms with E-state index >= 15 is 0 Å². The molecule has 0 atom stereocenters. The lowest BCUT2D eigenvalue weighted by Crippen LogP contribution is -2.40. The lowest BCUT2D eigenvalue weighted by atomic mass is 9.92. The Morgan fingerprint density at radius 1 is 1.14 bits per heavy atom. The fourth-order valence-electron chi connectivity index (χ4n) is 3.58. The van der Waals surface area contributed by atoms with Crippen LogP contribution in [0.3, 0.4) is 0 Å². The van der Waals surface area contributed by atoms with Crippen LogP contribution in [0.15, 0.2) is 34.2 Å². The molecule has 0 saturated heterocycles. The fraction of sp³-hybridized carbons (Fsp3) is 0.579. The van der Waals surface area contributed by atoms with Crippen molar-refractivity contribution >= 4 is 34.2 Å². The van der Waals surface area contributed by atoms with Gasteiger partial charge in [0.15, 0.2) is 0 Å². The van der Waals surface area contributed by atoms with Crippen LogP contribution in [0.1, 0.15) is 56.9 Å². The van der Waals surface area contributed by atoms with E-state index in [4.69, 9.17) is 5.73 Å². The lowest BCUT2D eigenvalue weighted by Gasteiger charge is -2.26. The standard InChI is InChI=1S/C19H28N4O3S.ClH/c20-14-9-11-15(12-10-14)22-18(24)8-2-1-5-13-21-19-16-6-3-4-7-17(16)27(25,26)23-19;/h3-4,6-7,14-15H,1-2,5,8-13,20H2,(H,21,23)(H,22,24);1H. The zero-order valence-electron chi connectivity index (χ0n) is 15.9. The highest BCUT2D eigenvalue weighted by molar-refractivity contribution is 7.90. The van der Waals surface area contributed by atoms with E-state index in [2.05, 4.69) is 15.0 Å². The minimum Gasteiger partial charge on any atom is -0.353 e. The van der Waals surface area contributed by atoms with Crippen LogP contribution in [0.2, 0.25) is 0 Å². The Bertz CT molecular complexity index is 805. The number of aliphatic imine (C=N–C) groups is 1. The molecule has 1 aliphatic heterocycles. The molecule has 9 heteroatoms. The van der Waals surface area contributed by atoms with Crippen LogP contribution in [0, 0.1) is 0 Å². The molecule has 1 amide bonds. The second-order valence-electron chi connectivity index (χ2n) is 7.32. The molecular formula is C19H29ClN4O3S. The fourth-order valence-corrected chi connectivity index (χ4v) is 4.83. The number of sulfonamides is 1. The van der Waals surface area contributed by atoms with Gasteiger partial charge in [0.05, 0.1) is 4.90 Å². The second kappa shape index (κ2) is 10.2. The highest BCUT2D eigenvalue weighted by atomic mass is 35.5. The Hall–Kier alpha value is -1.64. The smallest absolute Gasteiger partial charge is 0.263 e. The third-order valence-corrected chi connectivity index (χ3v) is 6.53. The molecule has 156 valence electrons. The first kappa shape index (κ1) is 22.6. The first-order valence-corrected chi connectivity index (χ1v) is 11.2. The Labute approximate surface area is 173 Å². The topological polar surface area (TPSA) is 114 Å². The number of hydrogen-bond acceptors (Lipinski definition) is 5. The number of hydrogen-bond donors (Lipinski definition) is 3. The molecule has 2 aliphatic rings. The van der Waals surface area contributed by atoms with Gasteiger partial charge in [0.1, 0.15) is 5.84 Å². The van der Waals surface area contributed by atoms with E-state index in [-0.39, 0.29) is 35.3 Å². The summed E-state index contributed by atoms with van der Waals surface area (Å²) in [6.45, 7) is 0.536. The summed E-state index contributed by atoms with van der Waals surface area (Å²) >= 11 is 0. The van der Waals surface area contributed by atoms with Crippen LogP contribution in [0.25, 0.3) is 0 Å². The number of carbonyl (C=O) groups excluding carboxylic acids is 1. The molecule has 0 aromatic heterocycles. The highest BCUT2D eigenvalue weighted by Crippen LogP contribution is 2.22. The molecular weight excluding hydrogens is 400 g/mol. The molecule has 0 bridgehead atoms. The van der Waals surface area contributed by atoms with E-state index in [0.717, 1.165) is 44.9 Å². The molecule has 4 N–H and O–H groups in total. The van der Waals surface area contributed by atoms with Crippen LogP contribution in [0.4, 0.5) is 0 Å². The van der Waals surface area contributed by atoms with Crippen molar-refractivity contribution in [1.29, 1.82) is 0 Å². The van der Waals surface area contributed by atoms with Crippen molar-refractivity contribution in [3.63, 3.8) is 0 Å². The van der Waals surface area contributed by atoms with Crippen LogP contribution >= 0.6 is 12.4 Å². The number of fused-ring (bicyclic) bond motifs is 1. The third kappa shape index (κ3) is 5.93. The van der Waals surface area contributed by atoms with E-state index in [1.165, 1.54) is 0 Å². The molecule has 3 rings (SSSR count). The van der Waals surface area contributed by atoms with E-state index in [1.807, 2.05) is 0 Å². The van der Waals surface area contributed by atoms with Crippen molar-refractivity contribution in [1.82, 2.24) is 10.0 Å². The molecule has 7 nitrogen and oxygen atoms in total. The molecule has 1 heterocycles. The number of nitrogens with zero attached hydrogens (tertiary/aromatic N) is 1. The van der Waals surface area contributed by atoms with Crippen molar-refractivity contribution < 1.29 is 13.2 Å². The van der Waals surface area contributed by atoms with Crippen molar-refractivity contribution in [2.75, 3.05) is 6.54 Å². The van der Waals surface area contributed by atoms with Gasteiger partial charge < -0.3 is 11.1 Å². The maximum Gasteiger partial charge on any atom is 0.263 e. The second-order valence-corrected chi connectivity index (χ2v) is 8.97. The number of amidine groups is 1. The van der Waals surface area contributed by atoms with Gasteiger partial charge in [-0.05, 0) is 50.7 Å². The number of carbonyl (C=O) groups is 1. The summed E-state index contributed by atoms with van der Waals surface area (Å²) in [5.74, 6) is 0.526. The Morgan fingerprint density at radius 2 is 1.86 bits per heavy atom. The predicted octanol–water partition coefficient (Wildman–Crippen LogP) is 2.09. The molecule has 1 aromatic rings. The van der Waals surface area contributed by atoms with Gasteiger partial charge in [0.2, 0.25) is 5.91 Å². The molecule has 0 spiro atoms. The Morgan fingerprint density at radius 3 is 2.61 bits per heavy atom. The number of unbranched alkanes of at least 4 members (excludes halogenated alkanes) is 2. The average Bonchev–Trinajstić information content (AvgIpc) is 2.91. The zero-order valence-corrected chi connectivity index (χ0v) is 17.5. The van der Waals surface area contributed by atoms with Gasteiger partial charge in [-0.1, -0.05) is 18.6 Å². The van der Waals surface area contributed by atoms with Crippen LogP contribution < -0.4 is 15.8 Å². The normalized spacial score (nSPS) is 24.1. The molecule has 0 radical (unpaired) electrons. The van der Waals surface area contributed by atoms with E-state index < -0.39 is 10.0 Å². The summed E-state index contributed by atoms with van der Waals surface area (Å²) in [6, 6.07) is 7.41. The molecule has 1 aliphatic carbocycles. The monoisotopic (exact) mass is 428 g/mol. The SMILES string of the molecule is Cl.NC1CCC(NC(=O)CCCCCN=C2NS(=O)(=O)c3ccccc32)CC1. The Balaban J connectivity index is 0.00000280. The minimum absolute atomic E-state index is 0. The van der Waals surface area contributed by atoms with E-state index in [9.17, 15) is 13.2 Å². The molecule has 0 unspecified atom stereocenters. The minimum atomic E-state index is -3.47. The van der Waals surface area contributed by atoms with Crippen molar-refractivity contribution in [3.8, 4) is 0 Å². The lowest BCUT2D eigenvalue weighted by molar-refractivity contribution is -0.122. The number of amides is 1. The first-order chi connectivity index (χ1) is 13.0. The molecule has 1 saturated carbocycles. The van der Waals surface area contributed by atoms with Gasteiger partial charge in [-0.25, -0.2) is 8.42 Å². The number of nitrogens with one attached hydrogen (secondary N) is 2. The van der Waals surface area contributed by atoms with Gasteiger partial charge in [0, 0.05) is 30.6 Å². The predicted molar refractivity (Wildman–Crippen MR) is 112 cm³/mol. The summed E-state index contributed by atoms with van der Waals surface area (Å²) in [5.41, 5.74) is 6.51. The van der Waals surface area contributed by atoms with Crippen molar-refractivity contribution in [2.45, 2.75) is 68.3 Å². The number of nitrogens with two attached hydrogens (primary N) is 1. The number of benzene rings is 1. The van der Waals surface area contributed by atoms with Crippen LogP contribution in [0.5, 0.6) is 0 Å². The van der Waals surface area contributed by atoms with E-state index in [0.29, 0.717) is 24.4 Å². The average molecular weight is 429 g/mol. The summed E-state index contributed by atoms with van der Waals surface area (Å²) in [6.07, 6.45) is 6.95. The molecule has 1 fully saturated rings. The summed E-state index contributed by atoms with van der Waals surface area (Å²) in [5, 5.41) is 3.10. The molecule has 1 aromatic carbocycles. The summed E-state index contributed by atoms with van der Waals surface area (Å²) in [7, 11) is -3.47. The summed E-state index contributed by atoms with van der Waals surface area (Å²) < 4.78 is 26.5. The quantitative estimate of drug-likeness (QED) is 0.577. The third-order valence-electron chi connectivity index (χ3n) is 5.13. The highest BCUT2D eigenvalue weighted by Gasteiger charge is 2.29. The zero-order chi connectivity index (χ0) is 19.3. The van der Waals surface area contributed by atoms with Gasteiger partial charge in [-0.3, -0.25) is 14.5 Å². The number of halogens is 1. The van der Waals surface area contributed by atoms with E-state index in [1.54, 1.807) is 24.3 Å². The maximum atomic E-state index is 12.0. The maximum absolute atomic E-state index is 12.0. The van der Waals surface area contributed by atoms with Gasteiger partial charge in [0.25, 0.3) is 10.0 Å². The number of rotatable bonds is 7. The van der Waals surface area contributed by atoms with Crippen molar-refractivity contribution in [3.05, 3.63) is 29.8 Å². The van der Waals surface area contributed by atoms with Crippen LogP contribution in [-0.2, 0) is 14.8 Å². The Kier molecular flexibility index (Phi) is 8.27. The summed E-state index contributed by atoms with van der Waals surface area (Å²) in [4.78, 5) is 16.7. The van der Waals surface area contributed by atoms with Gasteiger partial charge in [-0.15, -0.1) is 12.4 Å². The van der Waals surface area contributed by atoms with Gasteiger partial charge >= 0.3 is 0 Å². The van der Waals surface area contributed by atoms with Crippen LogP contribution in [-0.4, -0.2) is 38.8 Å². The van der Waals surface area contributed by atoms with Gasteiger partial charge in [-0.2, -0.15) is 0 Å². The van der Waals surface area contributed by atoms with Crippen molar-refractivity contribution in [2.24, 2.45) is 10.7 Å². The molecule has 28 heavy (non-hydrogen) atoms. The first-order valence-electron chi connectivity index (χ1n) is 9.67.